The van der Waals surface area contributed by atoms with Gasteiger partial charge in [-0.1, -0.05) is 19.4 Å². The van der Waals surface area contributed by atoms with Crippen LogP contribution in [0.5, 0.6) is 0 Å². The Morgan fingerprint density at radius 1 is 1.37 bits per heavy atom. The fourth-order valence-electron chi connectivity index (χ4n) is 2.50. The first-order valence-electron chi connectivity index (χ1n) is 6.94. The first-order chi connectivity index (χ1) is 9.10. The van der Waals surface area contributed by atoms with Gasteiger partial charge < -0.3 is 14.9 Å². The smallest absolute Gasteiger partial charge is 0.260 e. The van der Waals surface area contributed by atoms with Gasteiger partial charge >= 0.3 is 0 Å². The summed E-state index contributed by atoms with van der Waals surface area (Å²) in [6.07, 6.45) is 1.32. The molecule has 1 aliphatic heterocycles. The van der Waals surface area contributed by atoms with E-state index in [9.17, 15) is 9.90 Å². The van der Waals surface area contributed by atoms with Gasteiger partial charge in [0.2, 0.25) is 0 Å². The van der Waals surface area contributed by atoms with E-state index in [-0.39, 0.29) is 5.91 Å². The van der Waals surface area contributed by atoms with E-state index in [1.165, 1.54) is 11.3 Å². The van der Waals surface area contributed by atoms with Crippen molar-refractivity contribution >= 4 is 17.3 Å². The minimum absolute atomic E-state index is 0.247. The molecule has 0 aliphatic carbocycles. The summed E-state index contributed by atoms with van der Waals surface area (Å²) in [5, 5.41) is 9.84. The Bertz CT molecular complexity index is 473. The van der Waals surface area contributed by atoms with Gasteiger partial charge in [-0.2, -0.15) is 0 Å². The number of likely N-dealkylation sites (N-methyl/N-ethyl adjacent to an activating group) is 1. The second-order valence-electron chi connectivity index (χ2n) is 4.98. The van der Waals surface area contributed by atoms with Crippen molar-refractivity contribution in [1.82, 2.24) is 0 Å². The Morgan fingerprint density at radius 2 is 2.11 bits per heavy atom. The Hall–Kier alpha value is -1.55. The number of nitrogens with zero attached hydrogens (tertiary/aromatic N) is 2. The molecule has 1 amide bonds. The van der Waals surface area contributed by atoms with Crippen LogP contribution in [-0.2, 0) is 4.79 Å². The molecule has 2 rings (SSSR count). The summed E-state index contributed by atoms with van der Waals surface area (Å²) in [7, 11) is 1.71. The molecule has 1 aromatic rings. The molecule has 0 bridgehead atoms. The first-order valence-corrected chi connectivity index (χ1v) is 6.94. The van der Waals surface area contributed by atoms with Gasteiger partial charge in [-0.05, 0) is 25.5 Å². The predicted octanol–water partition coefficient (Wildman–Crippen LogP) is 2.32. The van der Waals surface area contributed by atoms with Gasteiger partial charge in [-0.3, -0.25) is 4.79 Å². The van der Waals surface area contributed by atoms with Gasteiger partial charge in [0.15, 0.2) is 6.10 Å². The first kappa shape index (κ1) is 13.9. The zero-order valence-electron chi connectivity index (χ0n) is 11.9. The fourth-order valence-corrected chi connectivity index (χ4v) is 2.50. The van der Waals surface area contributed by atoms with Gasteiger partial charge in [-0.15, -0.1) is 0 Å². The molecule has 1 atom stereocenters. The number of hydrogen-bond donors (Lipinski definition) is 1. The van der Waals surface area contributed by atoms with E-state index in [1.54, 1.807) is 7.05 Å². The van der Waals surface area contributed by atoms with Crippen molar-refractivity contribution < 1.29 is 9.90 Å². The lowest BCUT2D eigenvalue weighted by Crippen LogP contribution is -2.25. The maximum Gasteiger partial charge on any atom is 0.260 e. The monoisotopic (exact) mass is 262 g/mol. The zero-order valence-corrected chi connectivity index (χ0v) is 11.9. The number of carbonyl (C=O) groups is 1. The molecule has 0 fully saturated rings. The summed E-state index contributed by atoms with van der Waals surface area (Å²) in [6.45, 7) is 6.27. The van der Waals surface area contributed by atoms with Crippen molar-refractivity contribution in [3.8, 4) is 0 Å². The van der Waals surface area contributed by atoms with E-state index >= 15 is 0 Å². The van der Waals surface area contributed by atoms with Crippen LogP contribution in [0.25, 0.3) is 0 Å². The fraction of sp³-hybridized carbons (Fsp3) is 0.533. The summed E-state index contributed by atoms with van der Waals surface area (Å²) in [5.74, 6) is -0.247. The highest BCUT2D eigenvalue weighted by Crippen LogP contribution is 2.37. The number of fused-ring (bicyclic) bond motifs is 1. The Morgan fingerprint density at radius 3 is 2.74 bits per heavy atom. The van der Waals surface area contributed by atoms with Gasteiger partial charge in [0.05, 0.1) is 5.69 Å². The van der Waals surface area contributed by atoms with Gasteiger partial charge in [-0.25, -0.2) is 0 Å². The van der Waals surface area contributed by atoms with Crippen molar-refractivity contribution in [2.45, 2.75) is 32.8 Å². The Balaban J connectivity index is 2.29. The van der Waals surface area contributed by atoms with Crippen LogP contribution in [0.2, 0.25) is 0 Å². The minimum Gasteiger partial charge on any atom is -0.378 e. The lowest BCUT2D eigenvalue weighted by atomic mass is 10.1. The normalized spacial score (nSPS) is 17.8. The molecule has 4 heteroatoms. The number of aliphatic hydroxyl groups excluding tert-OH is 1. The highest BCUT2D eigenvalue weighted by atomic mass is 16.3. The number of hydrogen-bond acceptors (Lipinski definition) is 3. The molecular weight excluding hydrogens is 240 g/mol. The van der Waals surface area contributed by atoms with Crippen LogP contribution in [0.1, 0.15) is 38.4 Å². The topological polar surface area (TPSA) is 43.8 Å². The van der Waals surface area contributed by atoms with Crippen LogP contribution >= 0.6 is 0 Å². The number of rotatable bonds is 5. The van der Waals surface area contributed by atoms with Crippen molar-refractivity contribution in [3.63, 3.8) is 0 Å². The molecular formula is C15H22N2O2. The van der Waals surface area contributed by atoms with Crippen LogP contribution in [-0.4, -0.2) is 31.2 Å². The van der Waals surface area contributed by atoms with E-state index in [2.05, 4.69) is 18.7 Å². The number of anilines is 2. The molecule has 1 aromatic carbocycles. The molecule has 1 heterocycles. The average molecular weight is 262 g/mol. The summed E-state index contributed by atoms with van der Waals surface area (Å²) < 4.78 is 0. The summed E-state index contributed by atoms with van der Waals surface area (Å²) in [5.41, 5.74) is 2.65. The Labute approximate surface area is 114 Å². The Kier molecular flexibility index (Phi) is 4.10. The number of amides is 1. The summed E-state index contributed by atoms with van der Waals surface area (Å²) >= 11 is 0. The molecule has 1 unspecified atom stereocenters. The van der Waals surface area contributed by atoms with Gasteiger partial charge in [0.25, 0.3) is 5.91 Å². The number of carbonyl (C=O) groups excluding carboxylic acids is 1. The SMILES string of the molecule is CCCCN(CC)c1ccc2c(c1)N(C)C(=O)C2O. The minimum atomic E-state index is -1.00. The second-order valence-corrected chi connectivity index (χ2v) is 4.98. The van der Waals surface area contributed by atoms with Crippen LogP contribution in [0.15, 0.2) is 18.2 Å². The summed E-state index contributed by atoms with van der Waals surface area (Å²) in [6, 6.07) is 5.86. The summed E-state index contributed by atoms with van der Waals surface area (Å²) in [4.78, 5) is 15.6. The van der Waals surface area contributed by atoms with Gasteiger partial charge in [0.1, 0.15) is 0 Å². The lowest BCUT2D eigenvalue weighted by molar-refractivity contribution is -0.125. The molecule has 0 spiro atoms. The third-order valence-electron chi connectivity index (χ3n) is 3.76. The van der Waals surface area contributed by atoms with E-state index in [1.807, 2.05) is 18.2 Å². The molecule has 1 aliphatic rings. The van der Waals surface area contributed by atoms with Crippen molar-refractivity contribution in [1.29, 1.82) is 0 Å². The van der Waals surface area contributed by atoms with Crippen molar-refractivity contribution in [2.24, 2.45) is 0 Å². The van der Waals surface area contributed by atoms with E-state index in [4.69, 9.17) is 0 Å². The molecule has 0 aromatic heterocycles. The highest BCUT2D eigenvalue weighted by molar-refractivity contribution is 6.03. The predicted molar refractivity (Wildman–Crippen MR) is 77.6 cm³/mol. The maximum absolute atomic E-state index is 11.7. The molecule has 0 radical (unpaired) electrons. The van der Waals surface area contributed by atoms with Crippen molar-refractivity contribution in [2.75, 3.05) is 29.9 Å². The molecule has 19 heavy (non-hydrogen) atoms. The van der Waals surface area contributed by atoms with E-state index in [0.717, 1.165) is 30.9 Å². The standard InChI is InChI=1S/C15H22N2O2/c1-4-6-9-17(5-2)11-7-8-12-13(10-11)16(3)15(19)14(12)18/h7-8,10,14,18H,4-6,9H2,1-3H3. The van der Waals surface area contributed by atoms with Gasteiger partial charge in [0, 0.05) is 31.4 Å². The molecule has 0 saturated carbocycles. The molecule has 0 saturated heterocycles. The second kappa shape index (κ2) is 5.61. The van der Waals surface area contributed by atoms with Crippen LogP contribution < -0.4 is 9.80 Å². The molecule has 4 nitrogen and oxygen atoms in total. The largest absolute Gasteiger partial charge is 0.378 e. The third kappa shape index (κ3) is 2.45. The number of unbranched alkanes of at least 4 members (excludes halogenated alkanes) is 1. The zero-order chi connectivity index (χ0) is 14.0. The van der Waals surface area contributed by atoms with Crippen LogP contribution in [0, 0.1) is 0 Å². The van der Waals surface area contributed by atoms with Crippen LogP contribution in [0.3, 0.4) is 0 Å². The average Bonchev–Trinajstić information content (AvgIpc) is 2.65. The highest BCUT2D eigenvalue weighted by Gasteiger charge is 2.33. The number of aliphatic hydroxyl groups is 1. The maximum atomic E-state index is 11.7. The van der Waals surface area contributed by atoms with Crippen molar-refractivity contribution in [3.05, 3.63) is 23.8 Å². The van der Waals surface area contributed by atoms with E-state index < -0.39 is 6.10 Å². The third-order valence-corrected chi connectivity index (χ3v) is 3.76. The lowest BCUT2D eigenvalue weighted by Gasteiger charge is -2.24. The molecule has 104 valence electrons. The number of benzene rings is 1. The molecule has 1 N–H and O–H groups in total. The quantitative estimate of drug-likeness (QED) is 0.885. The van der Waals surface area contributed by atoms with Crippen LogP contribution in [0.4, 0.5) is 11.4 Å². The van der Waals surface area contributed by atoms with E-state index in [0.29, 0.717) is 5.56 Å².